The number of benzene rings is 2. The Hall–Kier alpha value is -2.33. The Bertz CT molecular complexity index is 803. The summed E-state index contributed by atoms with van der Waals surface area (Å²) in [5.74, 6) is -0.265. The van der Waals surface area contributed by atoms with Crippen LogP contribution in [0.4, 0.5) is 0 Å². The monoisotopic (exact) mass is 340 g/mol. The fraction of sp³-hybridized carbons (Fsp3) is 0.263. The fourth-order valence-corrected chi connectivity index (χ4v) is 3.84. The van der Waals surface area contributed by atoms with Crippen molar-refractivity contribution in [3.05, 3.63) is 70.2 Å². The van der Waals surface area contributed by atoms with Crippen molar-refractivity contribution in [1.29, 1.82) is 0 Å². The van der Waals surface area contributed by atoms with Crippen LogP contribution >= 0.6 is 11.6 Å². The summed E-state index contributed by atoms with van der Waals surface area (Å²) >= 11 is 5.88. The summed E-state index contributed by atoms with van der Waals surface area (Å²) in [5, 5.41) is 6.39. The normalized spacial score (nSPS) is 25.8. The van der Waals surface area contributed by atoms with Crippen molar-refractivity contribution < 1.29 is 9.59 Å². The number of halogens is 1. The number of hydrogen-bond donors (Lipinski definition) is 2. The zero-order chi connectivity index (χ0) is 16.7. The highest BCUT2D eigenvalue weighted by Crippen LogP contribution is 2.36. The molecule has 0 aromatic heterocycles. The minimum atomic E-state index is -0.664. The van der Waals surface area contributed by atoms with Crippen LogP contribution in [-0.4, -0.2) is 17.9 Å². The molecule has 2 aromatic carbocycles. The zero-order valence-electron chi connectivity index (χ0n) is 13.0. The maximum absolute atomic E-state index is 12.6. The molecule has 0 bridgehead atoms. The number of nitrogens with one attached hydrogen (secondary N) is 2. The van der Waals surface area contributed by atoms with Gasteiger partial charge in [0.25, 0.3) is 0 Å². The van der Waals surface area contributed by atoms with E-state index in [4.69, 9.17) is 11.6 Å². The van der Waals surface area contributed by atoms with Crippen LogP contribution in [0.1, 0.15) is 35.1 Å². The van der Waals surface area contributed by atoms with Gasteiger partial charge in [0.1, 0.15) is 12.1 Å². The van der Waals surface area contributed by atoms with Crippen molar-refractivity contribution in [3.8, 4) is 0 Å². The summed E-state index contributed by atoms with van der Waals surface area (Å²) < 4.78 is 0. The molecule has 5 heteroatoms. The van der Waals surface area contributed by atoms with E-state index in [0.717, 1.165) is 18.4 Å². The van der Waals surface area contributed by atoms with Crippen LogP contribution < -0.4 is 10.6 Å². The summed E-state index contributed by atoms with van der Waals surface area (Å²) in [6.45, 7) is 0. The van der Waals surface area contributed by atoms with E-state index in [2.05, 4.69) is 22.8 Å². The van der Waals surface area contributed by atoms with Gasteiger partial charge in [-0.2, -0.15) is 0 Å². The standard InChI is InChI=1S/C19H17ClN2O2/c20-13-8-5-12(6-9-13)16-18(23)22-17(19(24)21-16)15-10-7-11-3-1-2-4-14(11)15/h1-6,8-9,15-17H,7,10H2,(H,21,24)(H,22,23). The zero-order valence-corrected chi connectivity index (χ0v) is 13.7. The molecule has 0 saturated carbocycles. The highest BCUT2D eigenvalue weighted by Gasteiger charge is 2.41. The highest BCUT2D eigenvalue weighted by atomic mass is 35.5. The van der Waals surface area contributed by atoms with Crippen LogP contribution in [0.2, 0.25) is 5.02 Å². The third kappa shape index (κ3) is 2.57. The Labute approximate surface area is 145 Å². The van der Waals surface area contributed by atoms with Crippen molar-refractivity contribution in [1.82, 2.24) is 10.6 Å². The van der Waals surface area contributed by atoms with Crippen LogP contribution in [0.25, 0.3) is 0 Å². The smallest absolute Gasteiger partial charge is 0.247 e. The van der Waals surface area contributed by atoms with Crippen molar-refractivity contribution in [3.63, 3.8) is 0 Å². The van der Waals surface area contributed by atoms with Crippen LogP contribution in [-0.2, 0) is 16.0 Å². The lowest BCUT2D eigenvalue weighted by Crippen LogP contribution is -2.59. The second-order valence-corrected chi connectivity index (χ2v) is 6.76. The van der Waals surface area contributed by atoms with Crippen molar-refractivity contribution in [2.24, 2.45) is 0 Å². The van der Waals surface area contributed by atoms with E-state index in [1.165, 1.54) is 11.1 Å². The van der Waals surface area contributed by atoms with Crippen LogP contribution in [0.3, 0.4) is 0 Å². The summed E-state index contributed by atoms with van der Waals surface area (Å²) in [5.41, 5.74) is 3.17. The number of amides is 2. The number of aryl methyl sites for hydroxylation is 1. The Morgan fingerprint density at radius 3 is 2.46 bits per heavy atom. The molecular formula is C19H17ClN2O2. The second kappa shape index (κ2) is 5.95. The van der Waals surface area contributed by atoms with Crippen LogP contribution in [0, 0.1) is 0 Å². The molecule has 1 saturated heterocycles. The Morgan fingerprint density at radius 2 is 1.67 bits per heavy atom. The van der Waals surface area contributed by atoms with Gasteiger partial charge >= 0.3 is 0 Å². The van der Waals surface area contributed by atoms with Gasteiger partial charge < -0.3 is 10.6 Å². The van der Waals surface area contributed by atoms with Crippen molar-refractivity contribution >= 4 is 23.4 Å². The van der Waals surface area contributed by atoms with E-state index in [9.17, 15) is 9.59 Å². The van der Waals surface area contributed by atoms with Gasteiger partial charge in [-0.15, -0.1) is 0 Å². The molecule has 4 rings (SSSR count). The minimum Gasteiger partial charge on any atom is -0.342 e. The summed E-state index contributed by atoms with van der Waals surface area (Å²) in [7, 11) is 0. The van der Waals surface area contributed by atoms with Crippen LogP contribution in [0.15, 0.2) is 48.5 Å². The quantitative estimate of drug-likeness (QED) is 0.883. The summed E-state index contributed by atoms with van der Waals surface area (Å²) in [4.78, 5) is 25.2. The van der Waals surface area contributed by atoms with E-state index in [-0.39, 0.29) is 17.7 Å². The number of piperazine rings is 1. The van der Waals surface area contributed by atoms with Gasteiger partial charge in [-0.3, -0.25) is 9.59 Å². The molecule has 1 heterocycles. The third-order valence-electron chi connectivity index (χ3n) is 4.91. The maximum Gasteiger partial charge on any atom is 0.247 e. The van der Waals surface area contributed by atoms with E-state index in [1.54, 1.807) is 24.3 Å². The Morgan fingerprint density at radius 1 is 0.917 bits per heavy atom. The third-order valence-corrected chi connectivity index (χ3v) is 5.17. The first-order valence-corrected chi connectivity index (χ1v) is 8.45. The highest BCUT2D eigenvalue weighted by molar-refractivity contribution is 6.30. The molecule has 3 unspecified atom stereocenters. The lowest BCUT2D eigenvalue weighted by molar-refractivity contribution is -0.137. The van der Waals surface area contributed by atoms with Gasteiger partial charge in [0.2, 0.25) is 11.8 Å². The topological polar surface area (TPSA) is 58.2 Å². The first-order chi connectivity index (χ1) is 11.6. The lowest BCUT2D eigenvalue weighted by Gasteiger charge is -2.33. The molecule has 3 atom stereocenters. The van der Waals surface area contributed by atoms with Crippen molar-refractivity contribution in [2.45, 2.75) is 30.8 Å². The van der Waals surface area contributed by atoms with Gasteiger partial charge in [0.15, 0.2) is 0 Å². The van der Waals surface area contributed by atoms with Gasteiger partial charge in [-0.05, 0) is 41.7 Å². The van der Waals surface area contributed by atoms with Gasteiger partial charge in [0, 0.05) is 10.9 Å². The SMILES string of the molecule is O=C1NC(C2CCc3ccccc32)C(=O)NC1c1ccc(Cl)cc1. The Balaban J connectivity index is 1.57. The average molecular weight is 341 g/mol. The molecule has 2 aromatic rings. The fourth-order valence-electron chi connectivity index (χ4n) is 3.71. The molecule has 122 valence electrons. The Kier molecular flexibility index (Phi) is 3.77. The molecule has 24 heavy (non-hydrogen) atoms. The van der Waals surface area contributed by atoms with Gasteiger partial charge in [-0.25, -0.2) is 0 Å². The average Bonchev–Trinajstić information content (AvgIpc) is 3.01. The lowest BCUT2D eigenvalue weighted by atomic mass is 9.89. The molecular weight excluding hydrogens is 324 g/mol. The molecule has 1 aliphatic heterocycles. The largest absolute Gasteiger partial charge is 0.342 e. The first kappa shape index (κ1) is 15.2. The second-order valence-electron chi connectivity index (χ2n) is 6.32. The predicted molar refractivity (Wildman–Crippen MR) is 91.8 cm³/mol. The van der Waals surface area contributed by atoms with Gasteiger partial charge in [-0.1, -0.05) is 48.0 Å². The number of hydrogen-bond acceptors (Lipinski definition) is 2. The minimum absolute atomic E-state index is 0.0383. The summed E-state index contributed by atoms with van der Waals surface area (Å²) in [6, 6.07) is 13.9. The van der Waals surface area contributed by atoms with Crippen molar-refractivity contribution in [2.75, 3.05) is 0 Å². The molecule has 4 nitrogen and oxygen atoms in total. The van der Waals surface area contributed by atoms with E-state index in [1.807, 2.05) is 12.1 Å². The van der Waals surface area contributed by atoms with Gasteiger partial charge in [0.05, 0.1) is 0 Å². The molecule has 2 N–H and O–H groups in total. The number of rotatable bonds is 2. The predicted octanol–water partition coefficient (Wildman–Crippen LogP) is 2.73. The number of carbonyl (C=O) groups is 2. The first-order valence-electron chi connectivity index (χ1n) is 8.07. The number of fused-ring (bicyclic) bond motifs is 1. The molecule has 1 fully saturated rings. The van der Waals surface area contributed by atoms with Crippen LogP contribution in [0.5, 0.6) is 0 Å². The number of carbonyl (C=O) groups excluding carboxylic acids is 2. The molecule has 0 spiro atoms. The van der Waals surface area contributed by atoms with E-state index < -0.39 is 12.1 Å². The molecule has 2 aliphatic rings. The molecule has 2 amide bonds. The molecule has 1 aliphatic carbocycles. The van der Waals surface area contributed by atoms with E-state index in [0.29, 0.717) is 5.02 Å². The summed E-state index contributed by atoms with van der Waals surface area (Å²) in [6.07, 6.45) is 1.82. The maximum atomic E-state index is 12.6. The molecule has 0 radical (unpaired) electrons. The van der Waals surface area contributed by atoms with E-state index >= 15 is 0 Å².